The lowest BCUT2D eigenvalue weighted by atomic mass is 9.88. The number of ether oxygens (including phenoxy) is 3. The van der Waals surface area contributed by atoms with Gasteiger partial charge in [0, 0.05) is 88.0 Å². The van der Waals surface area contributed by atoms with E-state index < -0.39 is 6.10 Å². The summed E-state index contributed by atoms with van der Waals surface area (Å²) in [7, 11) is 3.98. The maximum atomic E-state index is 12.6. The van der Waals surface area contributed by atoms with E-state index in [-0.39, 0.29) is 12.2 Å². The first-order chi connectivity index (χ1) is 21.7. The number of methoxy groups -OCH3 is 1. The fourth-order valence-electron chi connectivity index (χ4n) is 6.90. The van der Waals surface area contributed by atoms with Crippen LogP contribution < -0.4 is 20.5 Å². The van der Waals surface area contributed by atoms with Gasteiger partial charge in [0.2, 0.25) is 0 Å². The number of aliphatic hydroxyl groups is 1. The molecule has 1 aliphatic heterocycles. The number of aryl methyl sites for hydroxylation is 2. The molecule has 2 aromatic rings. The summed E-state index contributed by atoms with van der Waals surface area (Å²) in [6.45, 7) is 15.9. The minimum absolute atomic E-state index is 0.0376. The predicted octanol–water partition coefficient (Wildman–Crippen LogP) is 3.38. The van der Waals surface area contributed by atoms with Gasteiger partial charge in [-0.05, 0) is 89.2 Å². The molecule has 45 heavy (non-hydrogen) atoms. The average molecular weight is 628 g/mol. The van der Waals surface area contributed by atoms with E-state index in [4.69, 9.17) is 14.2 Å². The molecule has 3 N–H and O–H groups in total. The van der Waals surface area contributed by atoms with Crippen molar-refractivity contribution in [2.45, 2.75) is 84.7 Å². The molecule has 2 fully saturated rings. The highest BCUT2D eigenvalue weighted by Crippen LogP contribution is 2.35. The van der Waals surface area contributed by atoms with Crippen LogP contribution in [0.3, 0.4) is 0 Å². The van der Waals surface area contributed by atoms with Gasteiger partial charge in [0.05, 0.1) is 19.8 Å². The third-order valence-electron chi connectivity index (χ3n) is 9.62. The van der Waals surface area contributed by atoms with Crippen LogP contribution in [-0.2, 0) is 22.6 Å². The smallest absolute Gasteiger partial charge is 0.252 e. The van der Waals surface area contributed by atoms with Crippen LogP contribution >= 0.6 is 0 Å². The number of hydrogen-bond donors (Lipinski definition) is 3. The van der Waals surface area contributed by atoms with Crippen molar-refractivity contribution < 1.29 is 19.3 Å². The molecule has 0 amide bonds. The maximum Gasteiger partial charge on any atom is 0.252 e. The Bertz CT molecular complexity index is 1260. The number of benzene rings is 1. The molecule has 252 valence electrons. The molecule has 0 spiro atoms. The van der Waals surface area contributed by atoms with Gasteiger partial charge in [0.25, 0.3) is 5.56 Å². The average Bonchev–Trinajstić information content (AvgIpc) is 3.02. The first-order valence-corrected chi connectivity index (χ1v) is 16.8. The van der Waals surface area contributed by atoms with Gasteiger partial charge in [-0.2, -0.15) is 0 Å². The highest BCUT2D eigenvalue weighted by molar-refractivity contribution is 5.61. The zero-order valence-electron chi connectivity index (χ0n) is 28.5. The molecule has 0 bridgehead atoms. The normalized spacial score (nSPS) is 20.0. The topological polar surface area (TPSA) is 103 Å². The quantitative estimate of drug-likeness (QED) is 0.259. The highest BCUT2D eigenvalue weighted by atomic mass is 16.5. The molecular weight excluding hydrogens is 570 g/mol. The van der Waals surface area contributed by atoms with E-state index in [1.807, 2.05) is 19.9 Å². The molecule has 10 nitrogen and oxygen atoms in total. The highest BCUT2D eigenvalue weighted by Gasteiger charge is 2.29. The molecule has 2 heterocycles. The second-order valence-corrected chi connectivity index (χ2v) is 12.9. The molecule has 0 radical (unpaired) electrons. The summed E-state index contributed by atoms with van der Waals surface area (Å²) >= 11 is 0. The summed E-state index contributed by atoms with van der Waals surface area (Å²) in [5, 5.41) is 14.3. The Morgan fingerprint density at radius 2 is 1.80 bits per heavy atom. The van der Waals surface area contributed by atoms with Gasteiger partial charge in [-0.25, -0.2) is 0 Å². The zero-order valence-corrected chi connectivity index (χ0v) is 28.5. The number of aliphatic hydroxyl groups excluding tert-OH is 1. The van der Waals surface area contributed by atoms with Gasteiger partial charge in [0.15, 0.2) is 0 Å². The molecule has 2 aliphatic rings. The van der Waals surface area contributed by atoms with Crippen molar-refractivity contribution in [2.75, 3.05) is 78.2 Å². The third kappa shape index (κ3) is 10.0. The Morgan fingerprint density at radius 3 is 2.47 bits per heavy atom. The molecule has 1 aromatic heterocycles. The largest absolute Gasteiger partial charge is 0.491 e. The number of H-pyrrole nitrogens is 1. The van der Waals surface area contributed by atoms with Crippen molar-refractivity contribution in [3.8, 4) is 5.75 Å². The third-order valence-corrected chi connectivity index (χ3v) is 9.62. The van der Waals surface area contributed by atoms with Crippen molar-refractivity contribution in [3.05, 3.63) is 56.5 Å². The summed E-state index contributed by atoms with van der Waals surface area (Å²) in [4.78, 5) is 22.8. The van der Waals surface area contributed by atoms with E-state index in [9.17, 15) is 9.90 Å². The zero-order chi connectivity index (χ0) is 32.3. The van der Waals surface area contributed by atoms with Crippen LogP contribution in [0, 0.1) is 20.8 Å². The number of hydrogen-bond acceptors (Lipinski definition) is 9. The molecule has 1 saturated heterocycles. The molecule has 10 heteroatoms. The van der Waals surface area contributed by atoms with Gasteiger partial charge in [-0.1, -0.05) is 0 Å². The number of nitrogens with one attached hydrogen (secondary N) is 2. The van der Waals surface area contributed by atoms with E-state index >= 15 is 0 Å². The minimum atomic E-state index is -0.585. The van der Waals surface area contributed by atoms with Gasteiger partial charge >= 0.3 is 0 Å². The number of anilines is 1. The van der Waals surface area contributed by atoms with Crippen molar-refractivity contribution >= 4 is 5.69 Å². The standard InChI is InChI=1S/C35H57N5O5/c1-7-40(30-10-8-29(9-11-30)38(5)12-15-43-6)34-20-32(45-24-31(41)23-39-13-16-44-17-14-39)19-28(27(34)4)21-36-22-33-25(2)18-26(3)37-35(33)42/h18-20,29-31,36,41H,7-17,21-24H2,1-6H3,(H,37,42). The van der Waals surface area contributed by atoms with E-state index in [2.05, 4.69) is 58.0 Å². The number of aromatic amines is 1. The molecule has 1 atom stereocenters. The Morgan fingerprint density at radius 1 is 1.09 bits per heavy atom. The fourth-order valence-corrected chi connectivity index (χ4v) is 6.90. The van der Waals surface area contributed by atoms with Crippen LogP contribution in [0.1, 0.15) is 60.6 Å². The molecule has 4 rings (SSSR count). The van der Waals surface area contributed by atoms with Crippen molar-refractivity contribution in [1.82, 2.24) is 20.1 Å². The van der Waals surface area contributed by atoms with Crippen LogP contribution in [0.15, 0.2) is 23.0 Å². The number of likely N-dealkylation sites (N-methyl/N-ethyl adjacent to an activating group) is 1. The lowest BCUT2D eigenvalue weighted by Crippen LogP contribution is -2.44. The predicted molar refractivity (Wildman–Crippen MR) is 181 cm³/mol. The van der Waals surface area contributed by atoms with Gasteiger partial charge < -0.3 is 39.4 Å². The Kier molecular flexibility index (Phi) is 13.7. The lowest BCUT2D eigenvalue weighted by Gasteiger charge is -2.41. The van der Waals surface area contributed by atoms with Crippen LogP contribution in [0.5, 0.6) is 5.75 Å². The minimum Gasteiger partial charge on any atom is -0.491 e. The van der Waals surface area contributed by atoms with E-state index in [0.717, 1.165) is 73.8 Å². The van der Waals surface area contributed by atoms with Crippen LogP contribution in [0.2, 0.25) is 0 Å². The SMILES string of the molecule is CCN(c1cc(OCC(O)CN2CCOCC2)cc(CNCc2c(C)cc(C)[nH]c2=O)c1C)C1CCC(N(C)CCOC)CC1. The number of rotatable bonds is 16. The second-order valence-electron chi connectivity index (χ2n) is 12.9. The number of β-amino-alcohol motifs (C(OH)–C–C–N with tert-alkyl or cyclic N) is 1. The van der Waals surface area contributed by atoms with Crippen molar-refractivity contribution in [2.24, 2.45) is 0 Å². The van der Waals surface area contributed by atoms with E-state index in [0.29, 0.717) is 44.9 Å². The number of pyridine rings is 1. The Balaban J connectivity index is 1.50. The lowest BCUT2D eigenvalue weighted by molar-refractivity contribution is 0.00465. The summed E-state index contributed by atoms with van der Waals surface area (Å²) in [6, 6.07) is 7.32. The van der Waals surface area contributed by atoms with Crippen molar-refractivity contribution in [1.29, 1.82) is 0 Å². The fraction of sp³-hybridized carbons (Fsp3) is 0.686. The Labute approximate surface area is 270 Å². The first kappa shape index (κ1) is 35.4. The van der Waals surface area contributed by atoms with Crippen LogP contribution in [0.25, 0.3) is 0 Å². The number of aromatic nitrogens is 1. The molecule has 1 aromatic carbocycles. The number of morpholine rings is 1. The molecular formula is C35H57N5O5. The second kappa shape index (κ2) is 17.4. The van der Waals surface area contributed by atoms with E-state index in [1.165, 1.54) is 24.1 Å². The molecule has 1 saturated carbocycles. The van der Waals surface area contributed by atoms with Gasteiger partial charge in [-0.3, -0.25) is 9.69 Å². The summed E-state index contributed by atoms with van der Waals surface area (Å²) in [6.07, 6.45) is 4.04. The summed E-state index contributed by atoms with van der Waals surface area (Å²) in [5.41, 5.74) is 6.14. The Hall–Kier alpha value is -2.47. The summed E-state index contributed by atoms with van der Waals surface area (Å²) in [5.74, 6) is 0.768. The maximum absolute atomic E-state index is 12.6. The number of nitrogens with zero attached hydrogens (tertiary/aromatic N) is 3. The summed E-state index contributed by atoms with van der Waals surface area (Å²) < 4.78 is 17.1. The van der Waals surface area contributed by atoms with E-state index in [1.54, 1.807) is 7.11 Å². The molecule has 1 unspecified atom stereocenters. The monoisotopic (exact) mass is 627 g/mol. The van der Waals surface area contributed by atoms with Gasteiger partial charge in [-0.15, -0.1) is 0 Å². The van der Waals surface area contributed by atoms with Gasteiger partial charge in [0.1, 0.15) is 18.5 Å². The van der Waals surface area contributed by atoms with Crippen molar-refractivity contribution in [3.63, 3.8) is 0 Å². The van der Waals surface area contributed by atoms with Crippen LogP contribution in [-0.4, -0.2) is 111 Å². The van der Waals surface area contributed by atoms with Crippen LogP contribution in [0.4, 0.5) is 5.69 Å². The molecule has 1 aliphatic carbocycles. The first-order valence-electron chi connectivity index (χ1n) is 16.8.